The summed E-state index contributed by atoms with van der Waals surface area (Å²) in [7, 11) is 1.73. The Morgan fingerprint density at radius 1 is 1.11 bits per heavy atom. The molecule has 0 unspecified atom stereocenters. The van der Waals surface area contributed by atoms with Crippen molar-refractivity contribution in [1.29, 1.82) is 0 Å². The molecular weight excluding hydrogens is 469 g/mol. The number of benzene rings is 2. The molecule has 2 N–H and O–H groups in total. The summed E-state index contributed by atoms with van der Waals surface area (Å²) in [6.07, 6.45) is -1.20. The van der Waals surface area contributed by atoms with Crippen molar-refractivity contribution in [2.45, 2.75) is 44.9 Å². The molecule has 2 aromatic carbocycles. The Balaban J connectivity index is 1.63. The summed E-state index contributed by atoms with van der Waals surface area (Å²) in [6.45, 7) is 1.75. The minimum atomic E-state index is -4.52. The van der Waals surface area contributed by atoms with Gasteiger partial charge in [0.1, 0.15) is 6.54 Å². The number of hydrogen-bond acceptors (Lipinski definition) is 4. The molecule has 1 saturated carbocycles. The van der Waals surface area contributed by atoms with Crippen LogP contribution in [-0.4, -0.2) is 49.9 Å². The normalized spacial score (nSPS) is 15.7. The first-order chi connectivity index (χ1) is 17.3. The molecule has 1 aliphatic carbocycles. The number of carbonyl (C=O) groups excluding carboxylic acids is 2. The van der Waals surface area contributed by atoms with Gasteiger partial charge in [0.05, 0.1) is 5.56 Å². The summed E-state index contributed by atoms with van der Waals surface area (Å²) >= 11 is 0. The zero-order valence-corrected chi connectivity index (χ0v) is 20.5. The van der Waals surface area contributed by atoms with Crippen molar-refractivity contribution in [3.05, 3.63) is 64.7 Å². The second-order valence-electron chi connectivity index (χ2n) is 9.47. The Morgan fingerprint density at radius 2 is 1.89 bits per heavy atom. The number of likely N-dealkylation sites (N-methyl/N-ethyl adjacent to an activating group) is 1. The number of hydrogen-bond donors (Lipinski definition) is 2. The molecule has 0 atom stereocenters. The van der Waals surface area contributed by atoms with Crippen molar-refractivity contribution < 1.29 is 22.8 Å². The van der Waals surface area contributed by atoms with E-state index >= 15 is 0 Å². The van der Waals surface area contributed by atoms with Gasteiger partial charge in [-0.05, 0) is 61.7 Å². The van der Waals surface area contributed by atoms with Crippen LogP contribution in [0.3, 0.4) is 0 Å². The van der Waals surface area contributed by atoms with Gasteiger partial charge in [-0.15, -0.1) is 0 Å². The van der Waals surface area contributed by atoms with E-state index in [1.807, 2.05) is 18.2 Å². The van der Waals surface area contributed by atoms with Gasteiger partial charge in [-0.3, -0.25) is 9.59 Å². The monoisotopic (exact) mass is 502 g/mol. The molecular formula is C27H33F3N4O2. The first-order valence-corrected chi connectivity index (χ1v) is 12.5. The first kappa shape index (κ1) is 26.2. The lowest BCUT2D eigenvalue weighted by Crippen LogP contribution is -2.48. The van der Waals surface area contributed by atoms with Crippen LogP contribution in [0.15, 0.2) is 42.5 Å². The van der Waals surface area contributed by atoms with E-state index in [2.05, 4.69) is 10.6 Å². The van der Waals surface area contributed by atoms with Gasteiger partial charge in [-0.2, -0.15) is 13.2 Å². The maximum absolute atomic E-state index is 13.6. The van der Waals surface area contributed by atoms with Crippen LogP contribution < -0.4 is 15.5 Å². The highest BCUT2D eigenvalue weighted by Gasteiger charge is 2.35. The van der Waals surface area contributed by atoms with Crippen LogP contribution in [0.2, 0.25) is 0 Å². The number of alkyl halides is 3. The van der Waals surface area contributed by atoms with Gasteiger partial charge < -0.3 is 20.4 Å². The van der Waals surface area contributed by atoms with E-state index in [1.54, 1.807) is 18.0 Å². The maximum Gasteiger partial charge on any atom is 0.416 e. The Hall–Kier alpha value is -2.91. The molecule has 9 heteroatoms. The molecule has 2 amide bonds. The Morgan fingerprint density at radius 3 is 2.58 bits per heavy atom. The zero-order valence-electron chi connectivity index (χ0n) is 20.5. The Labute approximate surface area is 209 Å². The highest BCUT2D eigenvalue weighted by Crippen LogP contribution is 2.34. The molecule has 0 bridgehead atoms. The fourth-order valence-corrected chi connectivity index (χ4v) is 4.84. The van der Waals surface area contributed by atoms with Crippen LogP contribution in [-0.2, 0) is 35.3 Å². The van der Waals surface area contributed by atoms with Gasteiger partial charge in [0, 0.05) is 37.8 Å². The predicted octanol–water partition coefficient (Wildman–Crippen LogP) is 3.73. The van der Waals surface area contributed by atoms with Gasteiger partial charge in [0.25, 0.3) is 0 Å². The minimum absolute atomic E-state index is 0.0366. The van der Waals surface area contributed by atoms with E-state index in [4.69, 9.17) is 0 Å². The van der Waals surface area contributed by atoms with Crippen molar-refractivity contribution in [1.82, 2.24) is 15.5 Å². The van der Waals surface area contributed by atoms with Crippen LogP contribution in [0.25, 0.3) is 0 Å². The average molecular weight is 503 g/mol. The van der Waals surface area contributed by atoms with Crippen LogP contribution in [0.4, 0.5) is 18.9 Å². The molecule has 194 valence electrons. The molecule has 0 radical (unpaired) electrons. The van der Waals surface area contributed by atoms with Crippen LogP contribution >= 0.6 is 0 Å². The molecule has 2 aromatic rings. The molecule has 0 spiro atoms. The summed E-state index contributed by atoms with van der Waals surface area (Å²) in [5.41, 5.74) is 2.18. The summed E-state index contributed by atoms with van der Waals surface area (Å²) in [6, 6.07) is 11.1. The van der Waals surface area contributed by atoms with E-state index in [1.165, 1.54) is 17.0 Å². The average Bonchev–Trinajstić information content (AvgIpc) is 2.83. The number of carbonyl (C=O) groups is 2. The summed E-state index contributed by atoms with van der Waals surface area (Å²) in [4.78, 5) is 30.1. The molecule has 0 saturated heterocycles. The summed E-state index contributed by atoms with van der Waals surface area (Å²) in [5.74, 6) is -0.570. The molecule has 36 heavy (non-hydrogen) atoms. The van der Waals surface area contributed by atoms with Crippen molar-refractivity contribution in [3.63, 3.8) is 0 Å². The Bertz CT molecular complexity index is 1080. The molecule has 1 heterocycles. The minimum Gasteiger partial charge on any atom is -0.336 e. The number of fused-ring (bicyclic) bond motifs is 1. The largest absolute Gasteiger partial charge is 0.416 e. The number of nitrogens with zero attached hydrogens (tertiary/aromatic N) is 2. The predicted molar refractivity (Wildman–Crippen MR) is 132 cm³/mol. The van der Waals surface area contributed by atoms with Crippen LogP contribution in [0, 0.1) is 5.92 Å². The quantitative estimate of drug-likeness (QED) is 0.549. The maximum atomic E-state index is 13.6. The standard InChI is InChI=1S/C27H33F3N4O2/c1-31-14-15-33(17-21-6-2-3-10-23(21)27(28,29)30)25(35)18-34(26(36)19-7-4-8-19)24-11-5-9-20-16-32-13-12-22(20)24/h2-3,5-6,9-11,19,31-32H,4,7-8,12-18H2,1H3. The van der Waals surface area contributed by atoms with Crippen molar-refractivity contribution in [2.75, 3.05) is 38.1 Å². The molecule has 0 aromatic heterocycles. The highest BCUT2D eigenvalue weighted by molar-refractivity contribution is 6.01. The fourth-order valence-electron chi connectivity index (χ4n) is 4.84. The van der Waals surface area contributed by atoms with Crippen LogP contribution in [0.1, 0.15) is 41.5 Å². The third kappa shape index (κ3) is 5.90. The smallest absolute Gasteiger partial charge is 0.336 e. The second-order valence-corrected chi connectivity index (χ2v) is 9.47. The fraction of sp³-hybridized carbons (Fsp3) is 0.481. The highest BCUT2D eigenvalue weighted by atomic mass is 19.4. The molecule has 2 aliphatic rings. The summed E-state index contributed by atoms with van der Waals surface area (Å²) in [5, 5.41) is 6.30. The third-order valence-corrected chi connectivity index (χ3v) is 7.09. The van der Waals surface area contributed by atoms with Gasteiger partial charge in [-0.1, -0.05) is 36.8 Å². The van der Waals surface area contributed by atoms with E-state index in [-0.39, 0.29) is 42.9 Å². The van der Waals surface area contributed by atoms with Crippen molar-refractivity contribution >= 4 is 17.5 Å². The number of anilines is 1. The zero-order chi connectivity index (χ0) is 25.7. The molecule has 1 fully saturated rings. The second kappa shape index (κ2) is 11.4. The van der Waals surface area contributed by atoms with Crippen molar-refractivity contribution in [2.24, 2.45) is 5.92 Å². The first-order valence-electron chi connectivity index (χ1n) is 12.5. The van der Waals surface area contributed by atoms with E-state index in [9.17, 15) is 22.8 Å². The van der Waals surface area contributed by atoms with E-state index < -0.39 is 11.7 Å². The van der Waals surface area contributed by atoms with Crippen molar-refractivity contribution in [3.8, 4) is 0 Å². The molecule has 1 aliphatic heterocycles. The topological polar surface area (TPSA) is 64.7 Å². The molecule has 6 nitrogen and oxygen atoms in total. The lowest BCUT2D eigenvalue weighted by Gasteiger charge is -2.35. The summed E-state index contributed by atoms with van der Waals surface area (Å²) < 4.78 is 40.8. The third-order valence-electron chi connectivity index (χ3n) is 7.09. The lowest BCUT2D eigenvalue weighted by atomic mass is 9.84. The van der Waals surface area contributed by atoms with Gasteiger partial charge >= 0.3 is 6.18 Å². The Kier molecular flexibility index (Phi) is 8.31. The van der Waals surface area contributed by atoms with Crippen LogP contribution in [0.5, 0.6) is 0 Å². The number of nitrogens with one attached hydrogen (secondary N) is 2. The van der Waals surface area contributed by atoms with Gasteiger partial charge in [0.2, 0.25) is 11.8 Å². The van der Waals surface area contributed by atoms with Gasteiger partial charge in [-0.25, -0.2) is 0 Å². The number of halogens is 3. The SMILES string of the molecule is CNCCN(Cc1ccccc1C(F)(F)F)C(=O)CN(C(=O)C1CCC1)c1cccc2c1CCNC2. The van der Waals surface area contributed by atoms with Gasteiger partial charge in [0.15, 0.2) is 0 Å². The molecule has 4 rings (SSSR count). The van der Waals surface area contributed by atoms with E-state index in [0.717, 1.165) is 55.1 Å². The number of rotatable bonds is 9. The van der Waals surface area contributed by atoms with E-state index in [0.29, 0.717) is 13.1 Å². The number of amides is 2. The lowest BCUT2D eigenvalue weighted by molar-refractivity contribution is -0.139.